The molecule has 2 aliphatic carbocycles. The van der Waals surface area contributed by atoms with Gasteiger partial charge in [-0.05, 0) is 36.0 Å². The van der Waals surface area contributed by atoms with Gasteiger partial charge in [0.25, 0.3) is 0 Å². The lowest BCUT2D eigenvalue weighted by molar-refractivity contribution is 0.121. The summed E-state index contributed by atoms with van der Waals surface area (Å²) in [5.74, 6) is 6.47. The van der Waals surface area contributed by atoms with Crippen LogP contribution in [0.3, 0.4) is 0 Å². The Hall–Kier alpha value is 0.500. The Balaban J connectivity index is 0.000000845. The average molecular weight is 241 g/mol. The van der Waals surface area contributed by atoms with Gasteiger partial charge in [0.05, 0.1) is 0 Å². The Labute approximate surface area is 99.2 Å². The monoisotopic (exact) mass is 240 g/mol. The summed E-state index contributed by atoms with van der Waals surface area (Å²) in [6, 6.07) is 0.547. The Morgan fingerprint density at radius 3 is 2.00 bits per heavy atom. The lowest BCUT2D eigenvalue weighted by atomic mass is 9.69. The first kappa shape index (κ1) is 14.5. The molecule has 3 unspecified atom stereocenters. The number of halogens is 2. The minimum Gasteiger partial charge on any atom is -0.271 e. The second-order valence-corrected chi connectivity index (χ2v) is 5.33. The predicted molar refractivity (Wildman–Crippen MR) is 64.8 cm³/mol. The van der Waals surface area contributed by atoms with Crippen LogP contribution in [0.15, 0.2) is 0 Å². The summed E-state index contributed by atoms with van der Waals surface area (Å²) >= 11 is 0. The SMILES string of the molecule is CC1(C)C2CCC1(C)C(NN)C2.Cl.Cl. The van der Waals surface area contributed by atoms with Gasteiger partial charge in [-0.15, -0.1) is 24.8 Å². The molecule has 0 aliphatic heterocycles. The van der Waals surface area contributed by atoms with E-state index in [-0.39, 0.29) is 24.8 Å². The maximum Gasteiger partial charge on any atom is 0.0272 e. The Morgan fingerprint density at radius 1 is 1.21 bits per heavy atom. The van der Waals surface area contributed by atoms with Crippen molar-refractivity contribution in [1.82, 2.24) is 5.43 Å². The minimum atomic E-state index is 0. The molecule has 2 fully saturated rings. The summed E-state index contributed by atoms with van der Waals surface area (Å²) in [6.45, 7) is 7.20. The van der Waals surface area contributed by atoms with Crippen molar-refractivity contribution < 1.29 is 0 Å². The second kappa shape index (κ2) is 4.17. The molecular formula is C10H22Cl2N2. The van der Waals surface area contributed by atoms with E-state index in [1.807, 2.05) is 0 Å². The smallest absolute Gasteiger partial charge is 0.0272 e. The third-order valence-electron chi connectivity index (χ3n) is 5.00. The lowest BCUT2D eigenvalue weighted by Crippen LogP contribution is -2.47. The van der Waals surface area contributed by atoms with Crippen LogP contribution in [0.2, 0.25) is 0 Å². The number of hydrogen-bond acceptors (Lipinski definition) is 2. The van der Waals surface area contributed by atoms with E-state index in [2.05, 4.69) is 26.2 Å². The first-order chi connectivity index (χ1) is 5.52. The van der Waals surface area contributed by atoms with Crippen molar-refractivity contribution in [2.45, 2.75) is 46.1 Å². The van der Waals surface area contributed by atoms with Crippen LogP contribution in [0, 0.1) is 16.7 Å². The standard InChI is InChI=1S/C10H20N2.2ClH/c1-9(2)7-4-5-10(9,3)8(6-7)12-11;;/h7-8,12H,4-6,11H2,1-3H3;2*1H. The van der Waals surface area contributed by atoms with Gasteiger partial charge in [0, 0.05) is 6.04 Å². The van der Waals surface area contributed by atoms with Crippen molar-refractivity contribution >= 4 is 24.8 Å². The van der Waals surface area contributed by atoms with Gasteiger partial charge in [-0.2, -0.15) is 0 Å². The van der Waals surface area contributed by atoms with Gasteiger partial charge in [-0.1, -0.05) is 20.8 Å². The summed E-state index contributed by atoms with van der Waals surface area (Å²) in [7, 11) is 0. The van der Waals surface area contributed by atoms with Crippen LogP contribution < -0.4 is 11.3 Å². The fourth-order valence-corrected chi connectivity index (χ4v) is 3.46. The number of rotatable bonds is 1. The molecular weight excluding hydrogens is 219 g/mol. The van der Waals surface area contributed by atoms with E-state index in [1.54, 1.807) is 0 Å². The molecule has 3 N–H and O–H groups in total. The molecule has 0 aromatic rings. The van der Waals surface area contributed by atoms with Gasteiger partial charge in [0.2, 0.25) is 0 Å². The lowest BCUT2D eigenvalue weighted by Gasteiger charge is -2.38. The molecule has 14 heavy (non-hydrogen) atoms. The highest BCUT2D eigenvalue weighted by Crippen LogP contribution is 2.65. The molecule has 4 heteroatoms. The van der Waals surface area contributed by atoms with Crippen LogP contribution in [0.4, 0.5) is 0 Å². The third-order valence-corrected chi connectivity index (χ3v) is 5.00. The number of nitrogens with one attached hydrogen (secondary N) is 1. The normalized spacial score (nSPS) is 42.9. The third kappa shape index (κ3) is 1.47. The van der Waals surface area contributed by atoms with Gasteiger partial charge in [-0.25, -0.2) is 0 Å². The molecule has 86 valence electrons. The van der Waals surface area contributed by atoms with Gasteiger partial charge in [0.15, 0.2) is 0 Å². The van der Waals surface area contributed by atoms with E-state index in [1.165, 1.54) is 19.3 Å². The van der Waals surface area contributed by atoms with Crippen LogP contribution in [0.1, 0.15) is 40.0 Å². The second-order valence-electron chi connectivity index (χ2n) is 5.33. The van der Waals surface area contributed by atoms with E-state index >= 15 is 0 Å². The van der Waals surface area contributed by atoms with E-state index in [9.17, 15) is 0 Å². The Bertz CT molecular complexity index is 208. The van der Waals surface area contributed by atoms with Gasteiger partial charge < -0.3 is 0 Å². The predicted octanol–water partition coefficient (Wildman–Crippen LogP) is 2.51. The number of hydrogen-bond donors (Lipinski definition) is 2. The van der Waals surface area contributed by atoms with Crippen molar-refractivity contribution in [3.05, 3.63) is 0 Å². The fourth-order valence-electron chi connectivity index (χ4n) is 3.46. The molecule has 2 nitrogen and oxygen atoms in total. The number of hydrazine groups is 1. The molecule has 2 saturated carbocycles. The fraction of sp³-hybridized carbons (Fsp3) is 1.00. The van der Waals surface area contributed by atoms with Crippen LogP contribution in [0.5, 0.6) is 0 Å². The topological polar surface area (TPSA) is 38.0 Å². The van der Waals surface area contributed by atoms with E-state index in [0.717, 1.165) is 5.92 Å². The molecule has 0 amide bonds. The zero-order valence-electron chi connectivity index (χ0n) is 9.17. The maximum absolute atomic E-state index is 5.58. The van der Waals surface area contributed by atoms with Gasteiger partial charge >= 0.3 is 0 Å². The highest BCUT2D eigenvalue weighted by atomic mass is 35.5. The zero-order chi connectivity index (χ0) is 8.98. The van der Waals surface area contributed by atoms with Crippen LogP contribution in [0.25, 0.3) is 0 Å². The first-order valence-corrected chi connectivity index (χ1v) is 4.98. The summed E-state index contributed by atoms with van der Waals surface area (Å²) in [5, 5.41) is 0. The summed E-state index contributed by atoms with van der Waals surface area (Å²) in [5.41, 5.74) is 3.92. The number of fused-ring (bicyclic) bond motifs is 2. The van der Waals surface area contributed by atoms with Crippen molar-refractivity contribution in [3.63, 3.8) is 0 Å². The molecule has 0 spiro atoms. The molecule has 0 heterocycles. The largest absolute Gasteiger partial charge is 0.271 e. The summed E-state index contributed by atoms with van der Waals surface area (Å²) < 4.78 is 0. The van der Waals surface area contributed by atoms with E-state index in [4.69, 9.17) is 5.84 Å². The minimum absolute atomic E-state index is 0. The Morgan fingerprint density at radius 2 is 1.79 bits per heavy atom. The summed E-state index contributed by atoms with van der Waals surface area (Å²) in [6.07, 6.45) is 4.03. The molecule has 2 aliphatic rings. The maximum atomic E-state index is 5.58. The highest BCUT2D eigenvalue weighted by Gasteiger charge is 2.60. The zero-order valence-corrected chi connectivity index (χ0v) is 10.8. The quantitative estimate of drug-likeness (QED) is 0.546. The van der Waals surface area contributed by atoms with Gasteiger partial charge in [0.1, 0.15) is 0 Å². The average Bonchev–Trinajstić information content (AvgIpc) is 2.34. The molecule has 0 radical (unpaired) electrons. The van der Waals surface area contributed by atoms with Crippen molar-refractivity contribution in [3.8, 4) is 0 Å². The van der Waals surface area contributed by atoms with Crippen LogP contribution >= 0.6 is 24.8 Å². The Kier molecular flexibility index (Phi) is 4.32. The highest BCUT2D eigenvalue weighted by molar-refractivity contribution is 5.85. The molecule has 0 aromatic heterocycles. The van der Waals surface area contributed by atoms with Crippen LogP contribution in [-0.2, 0) is 0 Å². The first-order valence-electron chi connectivity index (χ1n) is 4.98. The van der Waals surface area contributed by atoms with Crippen molar-refractivity contribution in [1.29, 1.82) is 0 Å². The molecule has 0 aromatic carbocycles. The molecule has 2 rings (SSSR count). The molecule has 2 bridgehead atoms. The van der Waals surface area contributed by atoms with E-state index in [0.29, 0.717) is 16.9 Å². The van der Waals surface area contributed by atoms with Crippen LogP contribution in [-0.4, -0.2) is 6.04 Å². The molecule has 0 saturated heterocycles. The van der Waals surface area contributed by atoms with Crippen molar-refractivity contribution in [2.24, 2.45) is 22.6 Å². The van der Waals surface area contributed by atoms with Gasteiger partial charge in [-0.3, -0.25) is 11.3 Å². The number of nitrogens with two attached hydrogens (primary N) is 1. The summed E-state index contributed by atoms with van der Waals surface area (Å²) in [4.78, 5) is 0. The molecule has 3 atom stereocenters. The van der Waals surface area contributed by atoms with E-state index < -0.39 is 0 Å². The van der Waals surface area contributed by atoms with Crippen molar-refractivity contribution in [2.75, 3.05) is 0 Å².